The van der Waals surface area contributed by atoms with Gasteiger partial charge in [0.25, 0.3) is 6.43 Å². The van der Waals surface area contributed by atoms with Crippen LogP contribution in [-0.2, 0) is 61.1 Å². The predicted molar refractivity (Wildman–Crippen MR) is 288 cm³/mol. The van der Waals surface area contributed by atoms with Gasteiger partial charge >= 0.3 is 6.03 Å². The van der Waals surface area contributed by atoms with Crippen molar-refractivity contribution in [3.8, 4) is 21.6 Å². The number of halogens is 2. The molecule has 9 rings (SSSR count). The van der Waals surface area contributed by atoms with Crippen LogP contribution in [0.4, 0.5) is 25.1 Å². The van der Waals surface area contributed by atoms with E-state index in [-0.39, 0.29) is 75.8 Å². The Labute approximate surface area is 456 Å². The SMILES string of the molecule is CNC(=O)N1CCc2c(c(N3CCCc4cc(-c5cnn(CC(=O)NCCOCCC(=O)N[C@H](C(=O)N6C[C@H](O)C[C@H]6C(=O)NCc6ccc(-c7scnc7C)cc6)C(C)(C)C)c5)c(C(F)F)cc43)nn2C2CCOCC2)C1. The summed E-state index contributed by atoms with van der Waals surface area (Å²) in [6.07, 6.45) is 2.98. The monoisotopic (exact) mass is 1100 g/mol. The van der Waals surface area contributed by atoms with Crippen LogP contribution in [0.1, 0.15) is 99.0 Å². The zero-order valence-corrected chi connectivity index (χ0v) is 45.7. The highest BCUT2D eigenvalue weighted by molar-refractivity contribution is 7.13. The lowest BCUT2D eigenvalue weighted by Crippen LogP contribution is -2.57. The van der Waals surface area contributed by atoms with Gasteiger partial charge in [-0.25, -0.2) is 18.6 Å². The number of carbonyl (C=O) groups is 5. The Morgan fingerprint density at radius 3 is 2.49 bits per heavy atom. The lowest BCUT2D eigenvalue weighted by atomic mass is 9.85. The number of rotatable bonds is 18. The van der Waals surface area contributed by atoms with Crippen LogP contribution in [0.2, 0.25) is 0 Å². The number of anilines is 2. The molecule has 7 heterocycles. The van der Waals surface area contributed by atoms with E-state index in [1.54, 1.807) is 47.1 Å². The van der Waals surface area contributed by atoms with Gasteiger partial charge in [-0.1, -0.05) is 45.0 Å². The number of likely N-dealkylation sites (tertiary alicyclic amines) is 1. The van der Waals surface area contributed by atoms with Gasteiger partial charge in [-0.2, -0.15) is 10.2 Å². The van der Waals surface area contributed by atoms with Gasteiger partial charge in [-0.05, 0) is 72.4 Å². The molecule has 4 aliphatic rings. The minimum Gasteiger partial charge on any atom is -0.391 e. The van der Waals surface area contributed by atoms with Gasteiger partial charge in [0.15, 0.2) is 5.82 Å². The van der Waals surface area contributed by atoms with Crippen molar-refractivity contribution in [2.45, 2.75) is 123 Å². The van der Waals surface area contributed by atoms with Crippen molar-refractivity contribution in [2.75, 3.05) is 64.6 Å². The molecule has 2 fully saturated rings. The molecular weight excluding hydrogens is 1030 g/mol. The molecule has 23 heteroatoms. The molecule has 4 aliphatic heterocycles. The molecule has 20 nitrogen and oxygen atoms in total. The summed E-state index contributed by atoms with van der Waals surface area (Å²) in [6, 6.07) is 9.18. The van der Waals surface area contributed by atoms with E-state index in [2.05, 4.69) is 36.0 Å². The van der Waals surface area contributed by atoms with Crippen molar-refractivity contribution in [1.82, 2.24) is 55.6 Å². The molecule has 0 spiro atoms. The van der Waals surface area contributed by atoms with Crippen LogP contribution < -0.4 is 26.2 Å². The number of ether oxygens (including phenoxy) is 2. The molecule has 5 aromatic rings. The van der Waals surface area contributed by atoms with E-state index in [1.807, 2.05) is 56.9 Å². The molecule has 3 aromatic heterocycles. The average Bonchev–Trinajstić information content (AvgIpc) is 4.38. The Bertz CT molecular complexity index is 2970. The summed E-state index contributed by atoms with van der Waals surface area (Å²) in [5.74, 6) is -1.03. The number of thiazole rings is 1. The number of hydrogen-bond donors (Lipinski definition) is 5. The zero-order valence-electron chi connectivity index (χ0n) is 44.9. The summed E-state index contributed by atoms with van der Waals surface area (Å²) in [5, 5.41) is 31.4. The molecule has 0 unspecified atom stereocenters. The molecule has 6 amide bonds. The highest BCUT2D eigenvalue weighted by Crippen LogP contribution is 2.44. The number of urea groups is 1. The van der Waals surface area contributed by atoms with Crippen LogP contribution in [0.3, 0.4) is 0 Å². The molecule has 5 N–H and O–H groups in total. The van der Waals surface area contributed by atoms with E-state index >= 15 is 8.78 Å². The highest BCUT2D eigenvalue weighted by atomic mass is 32.1. The molecule has 2 saturated heterocycles. The van der Waals surface area contributed by atoms with E-state index in [4.69, 9.17) is 14.6 Å². The molecule has 0 aliphatic carbocycles. The van der Waals surface area contributed by atoms with Gasteiger partial charge in [0.2, 0.25) is 23.6 Å². The molecule has 0 saturated carbocycles. The van der Waals surface area contributed by atoms with Crippen LogP contribution in [0.5, 0.6) is 0 Å². The summed E-state index contributed by atoms with van der Waals surface area (Å²) in [5.41, 5.74) is 8.03. The summed E-state index contributed by atoms with van der Waals surface area (Å²) >= 11 is 1.56. The van der Waals surface area contributed by atoms with E-state index in [9.17, 15) is 29.1 Å². The predicted octanol–water partition coefficient (Wildman–Crippen LogP) is 5.58. The molecular formula is C55H70F2N12O8S. The third kappa shape index (κ3) is 12.7. The molecule has 78 heavy (non-hydrogen) atoms. The Morgan fingerprint density at radius 2 is 1.77 bits per heavy atom. The Kier molecular flexibility index (Phi) is 17.5. The maximum Gasteiger partial charge on any atom is 0.317 e. The maximum atomic E-state index is 15.1. The smallest absolute Gasteiger partial charge is 0.317 e. The van der Waals surface area contributed by atoms with Gasteiger partial charge in [-0.3, -0.25) is 28.5 Å². The van der Waals surface area contributed by atoms with Crippen molar-refractivity contribution in [2.24, 2.45) is 5.41 Å². The maximum absolute atomic E-state index is 15.1. The second-order valence-corrected chi connectivity index (χ2v) is 22.3. The number of aliphatic hydroxyl groups excluding tert-OH is 1. The van der Waals surface area contributed by atoms with Crippen molar-refractivity contribution in [3.63, 3.8) is 0 Å². The second kappa shape index (κ2) is 24.5. The van der Waals surface area contributed by atoms with Crippen molar-refractivity contribution < 1.29 is 47.3 Å². The Morgan fingerprint density at radius 1 is 0.987 bits per heavy atom. The Hall–Kier alpha value is -6.82. The minimum absolute atomic E-state index is 0.00339. The molecule has 2 aromatic carbocycles. The van der Waals surface area contributed by atoms with Crippen molar-refractivity contribution in [1.29, 1.82) is 0 Å². The number of amides is 6. The first kappa shape index (κ1) is 55.9. The fourth-order valence-corrected chi connectivity index (χ4v) is 11.7. The fourth-order valence-electron chi connectivity index (χ4n) is 10.8. The molecule has 418 valence electrons. The summed E-state index contributed by atoms with van der Waals surface area (Å²) in [7, 11) is 1.61. The van der Waals surface area contributed by atoms with Crippen LogP contribution in [0, 0.1) is 12.3 Å². The van der Waals surface area contributed by atoms with Crippen LogP contribution in [-0.4, -0.2) is 147 Å². The van der Waals surface area contributed by atoms with Crippen LogP contribution >= 0.6 is 11.3 Å². The number of nitrogens with one attached hydrogen (secondary N) is 4. The van der Waals surface area contributed by atoms with Gasteiger partial charge in [-0.15, -0.1) is 11.3 Å². The first-order chi connectivity index (χ1) is 37.5. The lowest BCUT2D eigenvalue weighted by Gasteiger charge is -2.35. The molecule has 3 atom stereocenters. The minimum atomic E-state index is -2.81. The second-order valence-electron chi connectivity index (χ2n) is 21.5. The number of nitrogens with zero attached hydrogens (tertiary/aromatic N) is 8. The fraction of sp³-hybridized carbons (Fsp3) is 0.527. The highest BCUT2D eigenvalue weighted by Gasteiger charge is 2.44. The third-order valence-corrected chi connectivity index (χ3v) is 15.9. The van der Waals surface area contributed by atoms with E-state index in [0.717, 1.165) is 57.8 Å². The first-order valence-electron chi connectivity index (χ1n) is 26.8. The number of carbonyl (C=O) groups excluding carboxylic acids is 5. The standard InChI is InChI=1S/C55H70F2N12O8S/c1-33-48(78-32-61-33)35-10-8-34(9-11-35)26-60-52(73)45-24-39(70)29-68(45)53(74)49(55(2,3)4)63-46(71)15-21-77-22-16-59-47(72)31-66-28-37(27-62-66)40-23-36-7-6-17-67(44(36)25-41(40)50(56)57)51-42-30-65(54(75)58-5)18-12-43(42)69(64-51)38-13-19-76-20-14-38/h8-11,23,25,27-28,32,38-39,45,49-50,70H,6-7,12-22,24,26,29-31H2,1-5H3,(H,58,75)(H,59,72)(H,60,73)(H,63,71)/t39-,45+,49-/m1/s1. The van der Waals surface area contributed by atoms with Gasteiger partial charge < -0.3 is 50.5 Å². The molecule has 0 radical (unpaired) electrons. The van der Waals surface area contributed by atoms with Crippen molar-refractivity contribution in [3.05, 3.63) is 87.9 Å². The zero-order chi connectivity index (χ0) is 55.3. The summed E-state index contributed by atoms with van der Waals surface area (Å²) in [4.78, 5) is 77.1. The first-order valence-corrected chi connectivity index (χ1v) is 27.6. The van der Waals surface area contributed by atoms with Crippen LogP contribution in [0.15, 0.2) is 54.3 Å². The average molecular weight is 1100 g/mol. The number of β-amino-alcohol motifs (C(OH)–C–C–N with tert-alkyl or cyclic N) is 1. The number of hydrogen-bond acceptors (Lipinski definition) is 13. The number of aliphatic hydroxyl groups is 1. The van der Waals surface area contributed by atoms with E-state index < -0.39 is 47.7 Å². The summed E-state index contributed by atoms with van der Waals surface area (Å²) in [6.45, 7) is 10.3. The summed E-state index contributed by atoms with van der Waals surface area (Å²) < 4.78 is 45.0. The van der Waals surface area contributed by atoms with E-state index in [0.29, 0.717) is 68.3 Å². The van der Waals surface area contributed by atoms with Crippen molar-refractivity contribution >= 4 is 52.5 Å². The Balaban J connectivity index is 0.753. The molecule has 0 bridgehead atoms. The van der Waals surface area contributed by atoms with Gasteiger partial charge in [0, 0.05) is 107 Å². The normalized spacial score (nSPS) is 18.1. The number of aryl methyl sites for hydroxylation is 2. The van der Waals surface area contributed by atoms with Gasteiger partial charge in [0.05, 0.1) is 54.2 Å². The third-order valence-electron chi connectivity index (χ3n) is 15.0. The largest absolute Gasteiger partial charge is 0.391 e. The number of benzene rings is 2. The number of aromatic nitrogens is 5. The van der Waals surface area contributed by atoms with E-state index in [1.165, 1.54) is 15.8 Å². The number of alkyl halides is 2. The lowest BCUT2D eigenvalue weighted by molar-refractivity contribution is -0.144. The topological polar surface area (TPSA) is 230 Å². The van der Waals surface area contributed by atoms with Crippen LogP contribution in [0.25, 0.3) is 21.6 Å². The quantitative estimate of drug-likeness (QED) is 0.0678. The number of fused-ring (bicyclic) bond motifs is 2. The van der Waals surface area contributed by atoms with Gasteiger partial charge in [0.1, 0.15) is 18.6 Å².